The highest BCUT2D eigenvalue weighted by Crippen LogP contribution is 2.34. The number of hydrogen-bond acceptors (Lipinski definition) is 5. The molecule has 0 saturated heterocycles. The molecule has 1 fully saturated rings. The Bertz CT molecular complexity index is 645. The van der Waals surface area contributed by atoms with Crippen molar-refractivity contribution in [3.8, 4) is 0 Å². The Morgan fingerprint density at radius 2 is 2.00 bits per heavy atom. The molecule has 22 heavy (non-hydrogen) atoms. The molecule has 0 aromatic heterocycles. The van der Waals surface area contributed by atoms with Crippen LogP contribution in [0.2, 0.25) is 0 Å². The molecule has 1 aromatic carbocycles. The van der Waals surface area contributed by atoms with Crippen molar-refractivity contribution in [2.75, 3.05) is 6.54 Å². The van der Waals surface area contributed by atoms with E-state index < -0.39 is 20.5 Å². The van der Waals surface area contributed by atoms with E-state index in [1.165, 1.54) is 24.3 Å². The average molecular weight is 327 g/mol. The maximum absolute atomic E-state index is 12.6. The number of nitrogens with zero attached hydrogens (tertiary/aromatic N) is 1. The molecule has 122 valence electrons. The van der Waals surface area contributed by atoms with Crippen LogP contribution < -0.4 is 10.5 Å². The van der Waals surface area contributed by atoms with Gasteiger partial charge in [-0.05, 0) is 30.9 Å². The summed E-state index contributed by atoms with van der Waals surface area (Å²) in [5.41, 5.74) is 5.08. The van der Waals surface area contributed by atoms with Crippen LogP contribution in [-0.2, 0) is 10.0 Å². The Morgan fingerprint density at radius 3 is 2.50 bits per heavy atom. The molecule has 0 bridgehead atoms. The second-order valence-corrected chi connectivity index (χ2v) is 7.55. The van der Waals surface area contributed by atoms with Crippen LogP contribution in [0.25, 0.3) is 0 Å². The highest BCUT2D eigenvalue weighted by atomic mass is 32.2. The van der Waals surface area contributed by atoms with Gasteiger partial charge in [-0.25, -0.2) is 13.1 Å². The molecule has 1 saturated carbocycles. The molecule has 1 aromatic rings. The number of benzene rings is 1. The van der Waals surface area contributed by atoms with Gasteiger partial charge in [-0.3, -0.25) is 10.1 Å². The largest absolute Gasteiger partial charge is 0.329 e. The molecule has 1 aliphatic rings. The summed E-state index contributed by atoms with van der Waals surface area (Å²) in [4.78, 5) is 10.1. The van der Waals surface area contributed by atoms with Gasteiger partial charge < -0.3 is 5.73 Å². The number of non-ortho nitro benzene ring substituents is 1. The fourth-order valence-electron chi connectivity index (χ4n) is 2.98. The summed E-state index contributed by atoms with van der Waals surface area (Å²) in [5, 5.41) is 10.6. The molecule has 1 aliphatic carbocycles. The van der Waals surface area contributed by atoms with Crippen LogP contribution in [0.15, 0.2) is 29.2 Å². The smallest absolute Gasteiger partial charge is 0.269 e. The first-order valence-electron chi connectivity index (χ1n) is 7.29. The predicted molar refractivity (Wildman–Crippen MR) is 82.8 cm³/mol. The van der Waals surface area contributed by atoms with E-state index >= 15 is 0 Å². The van der Waals surface area contributed by atoms with E-state index in [2.05, 4.69) is 4.72 Å². The molecule has 8 heteroatoms. The van der Waals surface area contributed by atoms with E-state index in [0.717, 1.165) is 19.3 Å². The van der Waals surface area contributed by atoms with E-state index in [9.17, 15) is 18.5 Å². The summed E-state index contributed by atoms with van der Waals surface area (Å²) in [6.45, 7) is 2.24. The van der Waals surface area contributed by atoms with Crippen LogP contribution in [0.3, 0.4) is 0 Å². The number of nitro groups is 1. The van der Waals surface area contributed by atoms with Crippen molar-refractivity contribution in [2.24, 2.45) is 11.7 Å². The molecule has 0 amide bonds. The summed E-state index contributed by atoms with van der Waals surface area (Å²) < 4.78 is 27.9. The van der Waals surface area contributed by atoms with Gasteiger partial charge in [0.1, 0.15) is 0 Å². The monoisotopic (exact) mass is 327 g/mol. The third-order valence-corrected chi connectivity index (χ3v) is 6.08. The van der Waals surface area contributed by atoms with E-state index in [1.807, 2.05) is 6.92 Å². The number of rotatable bonds is 5. The van der Waals surface area contributed by atoms with Crippen LogP contribution in [0.5, 0.6) is 0 Å². The molecule has 0 radical (unpaired) electrons. The Kier molecular flexibility index (Phi) is 4.84. The van der Waals surface area contributed by atoms with Gasteiger partial charge in [-0.1, -0.05) is 19.8 Å². The van der Waals surface area contributed by atoms with Crippen LogP contribution >= 0.6 is 0 Å². The third-order valence-electron chi connectivity index (χ3n) is 4.51. The molecule has 0 heterocycles. The Hall–Kier alpha value is -1.51. The minimum atomic E-state index is -3.76. The fourth-order valence-corrected chi connectivity index (χ4v) is 4.52. The summed E-state index contributed by atoms with van der Waals surface area (Å²) in [5.74, 6) is 0.152. The SMILES string of the molecule is C[C@H]1CCCC[C@@]1(CN)NS(=O)(=O)c1ccc([N+](=O)[O-])cc1. The van der Waals surface area contributed by atoms with Crippen molar-refractivity contribution in [3.05, 3.63) is 34.4 Å². The van der Waals surface area contributed by atoms with Gasteiger partial charge in [-0.15, -0.1) is 0 Å². The maximum Gasteiger partial charge on any atom is 0.269 e. The van der Waals surface area contributed by atoms with E-state index in [1.54, 1.807) is 0 Å². The Morgan fingerprint density at radius 1 is 1.36 bits per heavy atom. The minimum Gasteiger partial charge on any atom is -0.329 e. The third kappa shape index (κ3) is 3.29. The lowest BCUT2D eigenvalue weighted by molar-refractivity contribution is -0.384. The number of nitrogens with two attached hydrogens (primary N) is 1. The molecule has 7 nitrogen and oxygen atoms in total. The molecule has 0 aliphatic heterocycles. The zero-order chi connectivity index (χ0) is 16.4. The lowest BCUT2D eigenvalue weighted by atomic mass is 9.74. The summed E-state index contributed by atoms with van der Waals surface area (Å²) >= 11 is 0. The first-order valence-corrected chi connectivity index (χ1v) is 8.77. The van der Waals surface area contributed by atoms with Gasteiger partial charge >= 0.3 is 0 Å². The van der Waals surface area contributed by atoms with Gasteiger partial charge in [0, 0.05) is 24.2 Å². The summed E-state index contributed by atoms with van der Waals surface area (Å²) in [7, 11) is -3.76. The van der Waals surface area contributed by atoms with Gasteiger partial charge in [0.05, 0.1) is 9.82 Å². The number of sulfonamides is 1. The fraction of sp³-hybridized carbons (Fsp3) is 0.571. The molecule has 2 rings (SSSR count). The van der Waals surface area contributed by atoms with Crippen LogP contribution in [0.1, 0.15) is 32.6 Å². The first-order chi connectivity index (χ1) is 10.3. The van der Waals surface area contributed by atoms with Gasteiger partial charge in [0.25, 0.3) is 5.69 Å². The standard InChI is InChI=1S/C14H21N3O4S/c1-11-4-2-3-9-14(11,10-15)16-22(20,21)13-7-5-12(6-8-13)17(18)19/h5-8,11,16H,2-4,9-10,15H2,1H3/t11-,14-/m0/s1. The Balaban J connectivity index is 2.27. The lowest BCUT2D eigenvalue weighted by Gasteiger charge is -2.42. The van der Waals surface area contributed by atoms with Crippen molar-refractivity contribution in [2.45, 2.75) is 43.0 Å². The van der Waals surface area contributed by atoms with Crippen molar-refractivity contribution in [3.63, 3.8) is 0 Å². The number of nitrogens with one attached hydrogen (secondary N) is 1. The average Bonchev–Trinajstić information content (AvgIpc) is 2.49. The van der Waals surface area contributed by atoms with Crippen LogP contribution in [0.4, 0.5) is 5.69 Å². The van der Waals surface area contributed by atoms with Gasteiger partial charge in [0.2, 0.25) is 10.0 Å². The van der Waals surface area contributed by atoms with Crippen LogP contribution in [-0.4, -0.2) is 25.4 Å². The highest BCUT2D eigenvalue weighted by Gasteiger charge is 2.40. The second-order valence-electron chi connectivity index (χ2n) is 5.86. The Labute approximate surface area is 130 Å². The normalized spacial score (nSPS) is 25.8. The lowest BCUT2D eigenvalue weighted by Crippen LogP contribution is -2.58. The van der Waals surface area contributed by atoms with Crippen molar-refractivity contribution in [1.29, 1.82) is 0 Å². The van der Waals surface area contributed by atoms with Crippen molar-refractivity contribution in [1.82, 2.24) is 4.72 Å². The molecular weight excluding hydrogens is 306 g/mol. The van der Waals surface area contributed by atoms with Gasteiger partial charge in [0.15, 0.2) is 0 Å². The summed E-state index contributed by atoms with van der Waals surface area (Å²) in [6, 6.07) is 4.87. The number of hydrogen-bond donors (Lipinski definition) is 2. The number of nitro benzene ring substituents is 1. The van der Waals surface area contributed by atoms with E-state index in [4.69, 9.17) is 5.73 Å². The van der Waals surface area contributed by atoms with Gasteiger partial charge in [-0.2, -0.15) is 0 Å². The van der Waals surface area contributed by atoms with Crippen molar-refractivity contribution < 1.29 is 13.3 Å². The maximum atomic E-state index is 12.6. The molecule has 0 unspecified atom stereocenters. The highest BCUT2D eigenvalue weighted by molar-refractivity contribution is 7.89. The zero-order valence-corrected chi connectivity index (χ0v) is 13.3. The minimum absolute atomic E-state index is 0.0173. The zero-order valence-electron chi connectivity index (χ0n) is 12.5. The second kappa shape index (κ2) is 6.31. The molecular formula is C14H21N3O4S. The van der Waals surface area contributed by atoms with E-state index in [-0.39, 0.29) is 23.0 Å². The van der Waals surface area contributed by atoms with E-state index in [0.29, 0.717) is 6.42 Å². The molecule has 2 atom stereocenters. The summed E-state index contributed by atoms with van der Waals surface area (Å²) in [6.07, 6.45) is 3.64. The molecule has 3 N–H and O–H groups in total. The molecule has 0 spiro atoms. The quantitative estimate of drug-likeness (QED) is 0.632. The topological polar surface area (TPSA) is 115 Å². The predicted octanol–water partition coefficient (Wildman–Crippen LogP) is 1.78. The first kappa shape index (κ1) is 16.9. The van der Waals surface area contributed by atoms with Crippen LogP contribution in [0, 0.1) is 16.0 Å². The van der Waals surface area contributed by atoms with Crippen molar-refractivity contribution >= 4 is 15.7 Å².